The van der Waals surface area contributed by atoms with Crippen LogP contribution >= 0.6 is 0 Å². The van der Waals surface area contributed by atoms with E-state index in [9.17, 15) is 8.42 Å². The van der Waals surface area contributed by atoms with E-state index >= 15 is 0 Å². The van der Waals surface area contributed by atoms with E-state index in [1.165, 1.54) is 21.5 Å². The molecule has 20 heavy (non-hydrogen) atoms. The fourth-order valence-electron chi connectivity index (χ4n) is 2.95. The van der Waals surface area contributed by atoms with Crippen LogP contribution in [0.2, 0.25) is 0 Å². The van der Waals surface area contributed by atoms with Crippen molar-refractivity contribution in [2.45, 2.75) is 19.3 Å². The van der Waals surface area contributed by atoms with E-state index in [4.69, 9.17) is 0 Å². The highest BCUT2D eigenvalue weighted by atomic mass is 32.2. The summed E-state index contributed by atoms with van der Waals surface area (Å²) in [6, 6.07) is 6.23. The highest BCUT2D eigenvalue weighted by Gasteiger charge is 2.31. The molecule has 1 saturated heterocycles. The lowest BCUT2D eigenvalue weighted by atomic mass is 10.1. The third-order valence-corrected chi connectivity index (χ3v) is 5.99. The predicted octanol–water partition coefficient (Wildman–Crippen LogP) is 1.46. The molecule has 0 aliphatic carbocycles. The molecule has 0 bridgehead atoms. The molecule has 0 spiro atoms. The maximum atomic E-state index is 12.4. The molecule has 0 unspecified atom stereocenters. The van der Waals surface area contributed by atoms with Crippen molar-refractivity contribution in [1.29, 1.82) is 0 Å². The lowest BCUT2D eigenvalue weighted by molar-refractivity contribution is 0.517. The monoisotopic (exact) mass is 295 g/mol. The van der Waals surface area contributed by atoms with Gasteiger partial charge in [0.1, 0.15) is 0 Å². The minimum atomic E-state index is -3.38. The Labute approximate surface area is 121 Å². The van der Waals surface area contributed by atoms with Crippen LogP contribution in [0.15, 0.2) is 18.2 Å². The van der Waals surface area contributed by atoms with Gasteiger partial charge in [0, 0.05) is 39.4 Å². The van der Waals surface area contributed by atoms with E-state index < -0.39 is 10.2 Å². The highest BCUT2D eigenvalue weighted by molar-refractivity contribution is 7.90. The molecule has 0 aromatic heterocycles. The van der Waals surface area contributed by atoms with Gasteiger partial charge in [0.05, 0.1) is 5.69 Å². The van der Waals surface area contributed by atoms with Gasteiger partial charge < -0.3 is 4.90 Å². The van der Waals surface area contributed by atoms with Crippen molar-refractivity contribution in [2.24, 2.45) is 0 Å². The minimum Gasteiger partial charge on any atom is -0.371 e. The van der Waals surface area contributed by atoms with Gasteiger partial charge >= 0.3 is 10.2 Å². The zero-order valence-electron chi connectivity index (χ0n) is 12.0. The largest absolute Gasteiger partial charge is 0.371 e. The molecule has 1 aromatic carbocycles. The number of nitrogens with zero attached hydrogens (tertiary/aromatic N) is 3. The Hall–Kier alpha value is -1.27. The number of hydrogen-bond acceptors (Lipinski definition) is 3. The van der Waals surface area contributed by atoms with Gasteiger partial charge in [0.15, 0.2) is 0 Å². The third-order valence-electron chi connectivity index (χ3n) is 4.13. The van der Waals surface area contributed by atoms with Crippen molar-refractivity contribution < 1.29 is 8.42 Å². The minimum absolute atomic E-state index is 0.541. The summed E-state index contributed by atoms with van der Waals surface area (Å²) in [5.41, 5.74) is 3.11. The van der Waals surface area contributed by atoms with Crippen LogP contribution < -0.4 is 9.21 Å². The van der Waals surface area contributed by atoms with Crippen LogP contribution in [0.25, 0.3) is 0 Å². The van der Waals surface area contributed by atoms with Crippen molar-refractivity contribution in [3.8, 4) is 0 Å². The Morgan fingerprint density at radius 2 is 1.80 bits per heavy atom. The normalized spacial score (nSPS) is 18.9. The maximum Gasteiger partial charge on any atom is 0.303 e. The third kappa shape index (κ3) is 2.16. The fraction of sp³-hybridized carbons (Fsp3) is 0.571. The first kappa shape index (κ1) is 13.7. The van der Waals surface area contributed by atoms with Gasteiger partial charge in [-0.05, 0) is 37.0 Å². The summed E-state index contributed by atoms with van der Waals surface area (Å²) in [7, 11) is -0.220. The van der Waals surface area contributed by atoms with Gasteiger partial charge in [-0.2, -0.15) is 12.7 Å². The van der Waals surface area contributed by atoms with Gasteiger partial charge in [-0.1, -0.05) is 6.07 Å². The Kier molecular flexibility index (Phi) is 3.38. The Bertz CT molecular complexity index is 607. The molecular formula is C14H21N3O2S. The SMILES string of the molecule is CN(C)S(=O)(=O)N1CCc2ccc(N3CCCC3)cc21. The van der Waals surface area contributed by atoms with E-state index in [1.54, 1.807) is 14.1 Å². The van der Waals surface area contributed by atoms with Crippen LogP contribution in [0, 0.1) is 0 Å². The molecule has 0 atom stereocenters. The van der Waals surface area contributed by atoms with Gasteiger partial charge in [0.2, 0.25) is 0 Å². The van der Waals surface area contributed by atoms with Crippen LogP contribution in [0.5, 0.6) is 0 Å². The summed E-state index contributed by atoms with van der Waals surface area (Å²) in [4.78, 5) is 2.33. The molecule has 5 nitrogen and oxygen atoms in total. The Morgan fingerprint density at radius 1 is 1.10 bits per heavy atom. The van der Waals surface area contributed by atoms with Crippen LogP contribution in [0.4, 0.5) is 11.4 Å². The quantitative estimate of drug-likeness (QED) is 0.848. The molecule has 0 saturated carbocycles. The number of anilines is 2. The van der Waals surface area contributed by atoms with Gasteiger partial charge in [-0.25, -0.2) is 0 Å². The molecular weight excluding hydrogens is 274 g/mol. The maximum absolute atomic E-state index is 12.4. The summed E-state index contributed by atoms with van der Waals surface area (Å²) in [5, 5.41) is 0. The highest BCUT2D eigenvalue weighted by Crippen LogP contribution is 2.35. The molecule has 1 fully saturated rings. The van der Waals surface area contributed by atoms with Crippen molar-refractivity contribution >= 4 is 21.6 Å². The first-order valence-electron chi connectivity index (χ1n) is 7.08. The molecule has 3 rings (SSSR count). The fourth-order valence-corrected chi connectivity index (χ4v) is 4.08. The lowest BCUT2D eigenvalue weighted by Crippen LogP contribution is -2.39. The Balaban J connectivity index is 1.97. The van der Waals surface area contributed by atoms with Gasteiger partial charge in [-0.15, -0.1) is 0 Å². The summed E-state index contributed by atoms with van der Waals surface area (Å²) < 4.78 is 27.5. The smallest absolute Gasteiger partial charge is 0.303 e. The Morgan fingerprint density at radius 3 is 2.45 bits per heavy atom. The topological polar surface area (TPSA) is 43.9 Å². The molecule has 110 valence electrons. The first-order chi connectivity index (χ1) is 9.50. The molecule has 0 amide bonds. The lowest BCUT2D eigenvalue weighted by Gasteiger charge is -2.25. The number of benzene rings is 1. The predicted molar refractivity (Wildman–Crippen MR) is 81.5 cm³/mol. The van der Waals surface area contributed by atoms with Crippen LogP contribution in [0.1, 0.15) is 18.4 Å². The molecule has 0 N–H and O–H groups in total. The first-order valence-corrected chi connectivity index (χ1v) is 8.48. The summed E-state index contributed by atoms with van der Waals surface area (Å²) >= 11 is 0. The zero-order chi connectivity index (χ0) is 14.3. The second kappa shape index (κ2) is 4.93. The molecule has 0 radical (unpaired) electrons. The van der Waals surface area contributed by atoms with E-state index in [2.05, 4.69) is 17.0 Å². The number of hydrogen-bond donors (Lipinski definition) is 0. The average Bonchev–Trinajstić information content (AvgIpc) is 3.07. The van der Waals surface area contributed by atoms with E-state index in [0.717, 1.165) is 36.4 Å². The van der Waals surface area contributed by atoms with E-state index in [-0.39, 0.29) is 0 Å². The summed E-state index contributed by atoms with van der Waals surface area (Å²) in [6.45, 7) is 2.68. The van der Waals surface area contributed by atoms with E-state index in [1.807, 2.05) is 6.07 Å². The molecule has 2 aliphatic rings. The van der Waals surface area contributed by atoms with Crippen LogP contribution in [-0.4, -0.2) is 46.5 Å². The van der Waals surface area contributed by atoms with Crippen molar-refractivity contribution in [1.82, 2.24) is 4.31 Å². The van der Waals surface area contributed by atoms with Crippen LogP contribution in [-0.2, 0) is 16.6 Å². The summed E-state index contributed by atoms with van der Waals surface area (Å²) in [5.74, 6) is 0. The van der Waals surface area contributed by atoms with Crippen molar-refractivity contribution in [3.05, 3.63) is 23.8 Å². The molecule has 1 aromatic rings. The number of fused-ring (bicyclic) bond motifs is 1. The molecule has 2 aliphatic heterocycles. The van der Waals surface area contributed by atoms with E-state index in [0.29, 0.717) is 6.54 Å². The average molecular weight is 295 g/mol. The molecule has 6 heteroatoms. The van der Waals surface area contributed by atoms with Crippen molar-refractivity contribution in [3.63, 3.8) is 0 Å². The number of rotatable bonds is 3. The standard InChI is InChI=1S/C14H21N3O2S/c1-15(2)20(18,19)17-10-7-12-5-6-13(11-14(12)17)16-8-3-4-9-16/h5-6,11H,3-4,7-10H2,1-2H3. The second-order valence-electron chi connectivity index (χ2n) is 5.62. The molecule has 2 heterocycles. The second-order valence-corrected chi connectivity index (χ2v) is 7.69. The zero-order valence-corrected chi connectivity index (χ0v) is 12.9. The van der Waals surface area contributed by atoms with Crippen molar-refractivity contribution in [2.75, 3.05) is 42.9 Å². The van der Waals surface area contributed by atoms with Gasteiger partial charge in [0.25, 0.3) is 0 Å². The summed E-state index contributed by atoms with van der Waals surface area (Å²) in [6.07, 6.45) is 3.23. The van der Waals surface area contributed by atoms with Crippen LogP contribution in [0.3, 0.4) is 0 Å². The van der Waals surface area contributed by atoms with Gasteiger partial charge in [-0.3, -0.25) is 4.31 Å².